The minimum atomic E-state index is -0.287. The van der Waals surface area contributed by atoms with Gasteiger partial charge in [-0.1, -0.05) is 17.7 Å². The molecule has 1 aromatic heterocycles. The minimum Gasteiger partial charge on any atom is -0.496 e. The quantitative estimate of drug-likeness (QED) is 0.928. The zero-order chi connectivity index (χ0) is 14.7. The fraction of sp³-hybridized carbons (Fsp3) is 0.312. The summed E-state index contributed by atoms with van der Waals surface area (Å²) in [5.74, 6) is 0.753. The molecule has 0 bridgehead atoms. The van der Waals surface area contributed by atoms with Gasteiger partial charge in [-0.3, -0.25) is 4.79 Å². The van der Waals surface area contributed by atoms with E-state index in [9.17, 15) is 4.79 Å². The van der Waals surface area contributed by atoms with Crippen molar-refractivity contribution >= 4 is 0 Å². The molecular formula is C16H20N2O2. The molecule has 1 heterocycles. The summed E-state index contributed by atoms with van der Waals surface area (Å²) in [5.41, 5.74) is 9.19. The van der Waals surface area contributed by atoms with E-state index in [1.165, 1.54) is 0 Å². The lowest BCUT2D eigenvalue weighted by Crippen LogP contribution is -2.26. The number of nitrogens with zero attached hydrogens (tertiary/aromatic N) is 1. The van der Waals surface area contributed by atoms with Gasteiger partial charge in [0.15, 0.2) is 0 Å². The Morgan fingerprint density at radius 1 is 1.20 bits per heavy atom. The van der Waals surface area contributed by atoms with Crippen LogP contribution in [0.25, 0.3) is 0 Å². The third-order valence-corrected chi connectivity index (χ3v) is 3.33. The summed E-state index contributed by atoms with van der Waals surface area (Å²) in [4.78, 5) is 11.9. The molecule has 1 atom stereocenters. The van der Waals surface area contributed by atoms with Gasteiger partial charge in [0, 0.05) is 24.4 Å². The molecule has 2 N–H and O–H groups in total. The van der Waals surface area contributed by atoms with Gasteiger partial charge in [-0.2, -0.15) is 0 Å². The molecule has 4 nitrogen and oxygen atoms in total. The highest BCUT2D eigenvalue weighted by atomic mass is 16.5. The number of methoxy groups -OCH3 is 1. The molecule has 0 saturated heterocycles. The van der Waals surface area contributed by atoms with Crippen LogP contribution < -0.4 is 16.0 Å². The van der Waals surface area contributed by atoms with Gasteiger partial charge >= 0.3 is 0 Å². The van der Waals surface area contributed by atoms with Crippen molar-refractivity contribution in [2.45, 2.75) is 26.4 Å². The molecular weight excluding hydrogens is 252 g/mol. The maximum atomic E-state index is 11.9. The molecule has 0 aliphatic carbocycles. The summed E-state index contributed by atoms with van der Waals surface area (Å²) in [6.07, 6.45) is 1.78. The van der Waals surface area contributed by atoms with E-state index in [0.717, 1.165) is 22.4 Å². The van der Waals surface area contributed by atoms with Gasteiger partial charge in [-0.05, 0) is 31.5 Å². The molecule has 2 aromatic rings. The van der Waals surface area contributed by atoms with Gasteiger partial charge in [0.25, 0.3) is 5.56 Å². The number of benzene rings is 1. The predicted molar refractivity (Wildman–Crippen MR) is 80.1 cm³/mol. The van der Waals surface area contributed by atoms with Crippen LogP contribution in [-0.4, -0.2) is 11.7 Å². The van der Waals surface area contributed by atoms with Gasteiger partial charge in [-0.25, -0.2) is 0 Å². The summed E-state index contributed by atoms with van der Waals surface area (Å²) in [7, 11) is 1.62. The molecule has 4 heteroatoms. The van der Waals surface area contributed by atoms with Crippen molar-refractivity contribution in [2.24, 2.45) is 5.73 Å². The standard InChI is InChI=1S/C16H20N2O2/c1-11-4-5-15(20-3)13(8-11)14(17)10-18-7-6-12(2)9-16(18)19/h4-9,14H,10,17H2,1-3H3. The predicted octanol–water partition coefficient (Wildman–Crippen LogP) is 2.17. The lowest BCUT2D eigenvalue weighted by molar-refractivity contribution is 0.401. The Balaban J connectivity index is 2.30. The fourth-order valence-corrected chi connectivity index (χ4v) is 2.21. The van der Waals surface area contributed by atoms with Gasteiger partial charge in [0.2, 0.25) is 0 Å². The van der Waals surface area contributed by atoms with Crippen LogP contribution in [-0.2, 0) is 6.54 Å². The molecule has 0 radical (unpaired) electrons. The fourth-order valence-electron chi connectivity index (χ4n) is 2.21. The Bertz CT molecular complexity index is 662. The van der Waals surface area contributed by atoms with Crippen LogP contribution in [0.4, 0.5) is 0 Å². The van der Waals surface area contributed by atoms with Gasteiger partial charge in [-0.15, -0.1) is 0 Å². The number of nitrogens with two attached hydrogens (primary N) is 1. The third kappa shape index (κ3) is 3.08. The first-order chi connectivity index (χ1) is 9.51. The van der Waals surface area contributed by atoms with Gasteiger partial charge in [0.05, 0.1) is 13.2 Å². The molecule has 20 heavy (non-hydrogen) atoms. The van der Waals surface area contributed by atoms with Crippen molar-refractivity contribution in [3.63, 3.8) is 0 Å². The topological polar surface area (TPSA) is 57.2 Å². The van der Waals surface area contributed by atoms with E-state index < -0.39 is 0 Å². The highest BCUT2D eigenvalue weighted by Crippen LogP contribution is 2.25. The Morgan fingerprint density at radius 3 is 2.55 bits per heavy atom. The molecule has 2 rings (SSSR count). The van der Waals surface area contributed by atoms with Crippen LogP contribution in [0, 0.1) is 13.8 Å². The van der Waals surface area contributed by atoms with Crippen LogP contribution >= 0.6 is 0 Å². The molecule has 0 spiro atoms. The maximum absolute atomic E-state index is 11.9. The molecule has 0 fully saturated rings. The third-order valence-electron chi connectivity index (χ3n) is 3.33. The summed E-state index contributed by atoms with van der Waals surface area (Å²) in [6, 6.07) is 9.12. The highest BCUT2D eigenvalue weighted by molar-refractivity contribution is 5.39. The Morgan fingerprint density at radius 2 is 1.90 bits per heavy atom. The molecule has 106 valence electrons. The molecule has 1 aromatic carbocycles. The van der Waals surface area contributed by atoms with Crippen molar-refractivity contribution in [3.8, 4) is 5.75 Å². The van der Waals surface area contributed by atoms with Crippen molar-refractivity contribution in [1.82, 2.24) is 4.57 Å². The summed E-state index contributed by atoms with van der Waals surface area (Å²) < 4.78 is 6.97. The minimum absolute atomic E-state index is 0.0351. The number of hydrogen-bond donors (Lipinski definition) is 1. The Hall–Kier alpha value is -2.07. The first kappa shape index (κ1) is 14.3. The van der Waals surface area contributed by atoms with Crippen LogP contribution in [0.2, 0.25) is 0 Å². The molecule has 0 saturated carbocycles. The lowest BCUT2D eigenvalue weighted by atomic mass is 10.0. The number of rotatable bonds is 4. The largest absolute Gasteiger partial charge is 0.496 e. The second kappa shape index (κ2) is 5.92. The second-order valence-corrected chi connectivity index (χ2v) is 5.05. The van der Waals surface area contributed by atoms with E-state index in [4.69, 9.17) is 10.5 Å². The van der Waals surface area contributed by atoms with Crippen molar-refractivity contribution < 1.29 is 4.74 Å². The summed E-state index contributed by atoms with van der Waals surface area (Å²) >= 11 is 0. The van der Waals surface area contributed by atoms with E-state index in [1.54, 1.807) is 23.9 Å². The average molecular weight is 272 g/mol. The smallest absolute Gasteiger partial charge is 0.250 e. The Labute approximate surface area is 118 Å². The summed E-state index contributed by atoms with van der Waals surface area (Å²) in [6.45, 7) is 4.34. The number of ether oxygens (including phenoxy) is 1. The maximum Gasteiger partial charge on any atom is 0.250 e. The molecule has 0 aliphatic heterocycles. The number of aryl methyl sites for hydroxylation is 2. The zero-order valence-electron chi connectivity index (χ0n) is 12.1. The van der Waals surface area contributed by atoms with E-state index in [1.807, 2.05) is 38.1 Å². The number of hydrogen-bond acceptors (Lipinski definition) is 3. The van der Waals surface area contributed by atoms with Gasteiger partial charge in [0.1, 0.15) is 5.75 Å². The lowest BCUT2D eigenvalue weighted by Gasteiger charge is -2.17. The second-order valence-electron chi connectivity index (χ2n) is 5.05. The molecule has 0 aliphatic rings. The first-order valence-corrected chi connectivity index (χ1v) is 6.58. The number of aromatic nitrogens is 1. The van der Waals surface area contributed by atoms with E-state index >= 15 is 0 Å². The van der Waals surface area contributed by atoms with E-state index in [-0.39, 0.29) is 11.6 Å². The molecule has 1 unspecified atom stereocenters. The summed E-state index contributed by atoms with van der Waals surface area (Å²) in [5, 5.41) is 0. The van der Waals surface area contributed by atoms with E-state index in [0.29, 0.717) is 6.54 Å². The van der Waals surface area contributed by atoms with Crippen LogP contribution in [0.5, 0.6) is 5.75 Å². The SMILES string of the molecule is COc1ccc(C)cc1C(N)Cn1ccc(C)cc1=O. The zero-order valence-corrected chi connectivity index (χ0v) is 12.1. The van der Waals surface area contributed by atoms with Crippen LogP contribution in [0.15, 0.2) is 41.3 Å². The van der Waals surface area contributed by atoms with Crippen LogP contribution in [0.3, 0.4) is 0 Å². The first-order valence-electron chi connectivity index (χ1n) is 6.58. The normalized spacial score (nSPS) is 12.2. The van der Waals surface area contributed by atoms with Crippen LogP contribution in [0.1, 0.15) is 22.7 Å². The number of pyridine rings is 1. The van der Waals surface area contributed by atoms with E-state index in [2.05, 4.69) is 0 Å². The van der Waals surface area contributed by atoms with Crippen molar-refractivity contribution in [3.05, 3.63) is 63.6 Å². The van der Waals surface area contributed by atoms with Crippen molar-refractivity contribution in [1.29, 1.82) is 0 Å². The molecule has 0 amide bonds. The monoisotopic (exact) mass is 272 g/mol. The average Bonchev–Trinajstić information content (AvgIpc) is 2.41. The highest BCUT2D eigenvalue weighted by Gasteiger charge is 2.13. The Kier molecular flexibility index (Phi) is 4.25. The van der Waals surface area contributed by atoms with Gasteiger partial charge < -0.3 is 15.0 Å². The van der Waals surface area contributed by atoms with Crippen molar-refractivity contribution in [2.75, 3.05) is 7.11 Å².